The molecule has 1 aromatic heterocycles. The third-order valence-corrected chi connectivity index (χ3v) is 7.36. The second kappa shape index (κ2) is 7.04. The van der Waals surface area contributed by atoms with E-state index >= 15 is 0 Å². The zero-order valence-corrected chi connectivity index (χ0v) is 17.7. The second-order valence-corrected chi connectivity index (χ2v) is 9.49. The van der Waals surface area contributed by atoms with Crippen LogP contribution >= 0.6 is 0 Å². The quantitative estimate of drug-likeness (QED) is 0.511. The Hall–Kier alpha value is -3.93. The van der Waals surface area contributed by atoms with Gasteiger partial charge in [0.25, 0.3) is 21.8 Å². The third-order valence-electron chi connectivity index (χ3n) is 5.49. The molecule has 11 nitrogen and oxygen atoms in total. The molecule has 2 aromatic carbocycles. The van der Waals surface area contributed by atoms with Gasteiger partial charge in [-0.2, -0.15) is 4.98 Å². The molecule has 0 N–H and O–H groups in total. The van der Waals surface area contributed by atoms with Crippen molar-refractivity contribution >= 4 is 21.9 Å². The lowest BCUT2D eigenvalue weighted by molar-refractivity contribution is 0.0429. The van der Waals surface area contributed by atoms with Crippen LogP contribution in [0.4, 0.5) is 0 Å². The van der Waals surface area contributed by atoms with E-state index in [4.69, 9.17) is 18.7 Å². The van der Waals surface area contributed by atoms with E-state index in [9.17, 15) is 18.0 Å². The highest BCUT2D eigenvalue weighted by molar-refractivity contribution is 7.90. The standard InChI is InChI=1S/C21H15N3O8S/c25-20-14-5-1-12(8-17(14)33(27,28)24(20)13-3-4-13)21(26)29-9-18-22-19(23-32-18)11-2-6-15-16(7-11)31-10-30-15/h1-2,5-8,13H,3-4,9-10H2. The first-order valence-corrected chi connectivity index (χ1v) is 11.5. The summed E-state index contributed by atoms with van der Waals surface area (Å²) in [6.07, 6.45) is 1.29. The summed E-state index contributed by atoms with van der Waals surface area (Å²) in [4.78, 5) is 29.0. The van der Waals surface area contributed by atoms with Gasteiger partial charge in [-0.15, -0.1) is 0 Å². The Morgan fingerprint density at radius 2 is 1.94 bits per heavy atom. The number of amides is 1. The highest BCUT2D eigenvalue weighted by Crippen LogP contribution is 2.40. The van der Waals surface area contributed by atoms with Crippen LogP contribution in [0.25, 0.3) is 11.4 Å². The van der Waals surface area contributed by atoms with Gasteiger partial charge >= 0.3 is 5.97 Å². The zero-order valence-electron chi connectivity index (χ0n) is 16.9. The molecule has 1 aliphatic carbocycles. The molecular formula is C21H15N3O8S. The van der Waals surface area contributed by atoms with E-state index in [0.29, 0.717) is 29.9 Å². The fourth-order valence-corrected chi connectivity index (χ4v) is 5.56. The van der Waals surface area contributed by atoms with Crippen molar-refractivity contribution in [1.29, 1.82) is 0 Å². The SMILES string of the molecule is O=C(OCc1nc(-c2ccc3c(c2)OCO3)no1)c1ccc2c(c1)S(=O)(=O)N(C1CC1)C2=O. The monoisotopic (exact) mass is 469 g/mol. The molecule has 0 radical (unpaired) electrons. The van der Waals surface area contributed by atoms with Gasteiger partial charge in [-0.05, 0) is 49.2 Å². The van der Waals surface area contributed by atoms with Crippen molar-refractivity contribution in [2.24, 2.45) is 0 Å². The van der Waals surface area contributed by atoms with Crippen molar-refractivity contribution in [3.8, 4) is 22.9 Å². The molecule has 2 aliphatic heterocycles. The van der Waals surface area contributed by atoms with Crippen molar-refractivity contribution in [2.75, 3.05) is 6.79 Å². The average Bonchev–Trinajstić information content (AvgIpc) is 3.26. The molecule has 1 saturated carbocycles. The molecule has 3 heterocycles. The van der Waals surface area contributed by atoms with Crippen molar-refractivity contribution < 1.29 is 36.7 Å². The average molecular weight is 469 g/mol. The number of rotatable bonds is 5. The summed E-state index contributed by atoms with van der Waals surface area (Å²) in [6.45, 7) is -0.170. The molecule has 0 atom stereocenters. The maximum absolute atomic E-state index is 12.7. The van der Waals surface area contributed by atoms with Crippen LogP contribution in [0, 0.1) is 0 Å². The van der Waals surface area contributed by atoms with E-state index in [2.05, 4.69) is 10.1 Å². The number of esters is 1. The van der Waals surface area contributed by atoms with Crippen molar-refractivity contribution in [3.05, 3.63) is 53.4 Å². The van der Waals surface area contributed by atoms with Crippen LogP contribution in [0.1, 0.15) is 39.4 Å². The van der Waals surface area contributed by atoms with E-state index < -0.39 is 21.9 Å². The topological polar surface area (TPSA) is 138 Å². The van der Waals surface area contributed by atoms with Crippen LogP contribution in [0.15, 0.2) is 45.8 Å². The fourth-order valence-electron chi connectivity index (χ4n) is 3.72. The van der Waals surface area contributed by atoms with Gasteiger partial charge in [-0.3, -0.25) is 4.79 Å². The van der Waals surface area contributed by atoms with E-state index in [1.165, 1.54) is 18.2 Å². The molecule has 0 saturated heterocycles. The van der Waals surface area contributed by atoms with Crippen molar-refractivity contribution in [3.63, 3.8) is 0 Å². The maximum Gasteiger partial charge on any atom is 0.338 e. The fraction of sp³-hybridized carbons (Fsp3) is 0.238. The Morgan fingerprint density at radius 3 is 2.76 bits per heavy atom. The molecule has 0 bridgehead atoms. The normalized spacial score (nSPS) is 17.8. The van der Waals surface area contributed by atoms with Crippen LogP contribution in [-0.4, -0.2) is 47.6 Å². The van der Waals surface area contributed by atoms with Gasteiger partial charge < -0.3 is 18.7 Å². The number of hydrogen-bond acceptors (Lipinski definition) is 10. The molecule has 0 unspecified atom stereocenters. The highest BCUT2D eigenvalue weighted by Gasteiger charge is 2.48. The summed E-state index contributed by atoms with van der Waals surface area (Å²) in [7, 11) is -3.97. The zero-order chi connectivity index (χ0) is 22.7. The molecule has 12 heteroatoms. The summed E-state index contributed by atoms with van der Waals surface area (Å²) in [5, 5.41) is 3.87. The van der Waals surface area contributed by atoms with Gasteiger partial charge in [0, 0.05) is 11.6 Å². The maximum atomic E-state index is 12.7. The van der Waals surface area contributed by atoms with E-state index in [1.807, 2.05) is 0 Å². The lowest BCUT2D eigenvalue weighted by Gasteiger charge is -2.13. The number of benzene rings is 2. The van der Waals surface area contributed by atoms with Gasteiger partial charge in [0.05, 0.1) is 11.1 Å². The minimum Gasteiger partial charge on any atom is -0.454 e. The minimum absolute atomic E-state index is 0.00159. The van der Waals surface area contributed by atoms with E-state index in [1.54, 1.807) is 18.2 Å². The predicted octanol–water partition coefficient (Wildman–Crippen LogP) is 2.13. The Bertz CT molecular complexity index is 1430. The predicted molar refractivity (Wildman–Crippen MR) is 108 cm³/mol. The Balaban J connectivity index is 1.17. The Morgan fingerprint density at radius 1 is 1.12 bits per heavy atom. The molecule has 3 aromatic rings. The largest absolute Gasteiger partial charge is 0.454 e. The smallest absolute Gasteiger partial charge is 0.338 e. The number of fused-ring (bicyclic) bond motifs is 2. The Kier molecular flexibility index (Phi) is 4.21. The molecular weight excluding hydrogens is 454 g/mol. The number of nitrogens with zero attached hydrogens (tertiary/aromatic N) is 3. The molecule has 33 heavy (non-hydrogen) atoms. The van der Waals surface area contributed by atoms with E-state index in [-0.39, 0.29) is 47.2 Å². The molecule has 168 valence electrons. The van der Waals surface area contributed by atoms with Crippen LogP contribution < -0.4 is 9.47 Å². The summed E-state index contributed by atoms with van der Waals surface area (Å²) in [6, 6.07) is 8.73. The summed E-state index contributed by atoms with van der Waals surface area (Å²) in [5.41, 5.74) is 0.691. The van der Waals surface area contributed by atoms with Gasteiger partial charge in [-0.1, -0.05) is 5.16 Å². The first-order valence-electron chi connectivity index (χ1n) is 10.0. The molecule has 3 aliphatic rings. The van der Waals surface area contributed by atoms with Crippen molar-refractivity contribution in [1.82, 2.24) is 14.4 Å². The van der Waals surface area contributed by atoms with Gasteiger partial charge in [-0.25, -0.2) is 17.5 Å². The van der Waals surface area contributed by atoms with Gasteiger partial charge in [0.1, 0.15) is 4.90 Å². The lowest BCUT2D eigenvalue weighted by Crippen LogP contribution is -2.31. The number of sulfonamides is 1. The minimum atomic E-state index is -3.97. The summed E-state index contributed by atoms with van der Waals surface area (Å²) in [5.74, 6) is 0.175. The number of hydrogen-bond donors (Lipinski definition) is 0. The Labute approximate surface area is 186 Å². The van der Waals surface area contributed by atoms with Crippen LogP contribution in [0.2, 0.25) is 0 Å². The van der Waals surface area contributed by atoms with Crippen molar-refractivity contribution in [2.45, 2.75) is 30.4 Å². The molecule has 6 rings (SSSR count). The van der Waals surface area contributed by atoms with Gasteiger partial charge in [0.2, 0.25) is 12.6 Å². The number of carbonyl (C=O) groups excluding carboxylic acids is 2. The second-order valence-electron chi connectivity index (χ2n) is 7.70. The number of aromatic nitrogens is 2. The third kappa shape index (κ3) is 3.21. The lowest BCUT2D eigenvalue weighted by atomic mass is 10.1. The highest BCUT2D eigenvalue weighted by atomic mass is 32.2. The number of carbonyl (C=O) groups is 2. The molecule has 1 amide bonds. The van der Waals surface area contributed by atoms with Crippen LogP contribution in [-0.2, 0) is 21.4 Å². The number of ether oxygens (including phenoxy) is 3. The summed E-state index contributed by atoms with van der Waals surface area (Å²) >= 11 is 0. The van der Waals surface area contributed by atoms with Crippen LogP contribution in [0.5, 0.6) is 11.5 Å². The summed E-state index contributed by atoms with van der Waals surface area (Å²) < 4.78 is 47.3. The van der Waals surface area contributed by atoms with Gasteiger partial charge in [0.15, 0.2) is 18.1 Å². The van der Waals surface area contributed by atoms with E-state index in [0.717, 1.165) is 4.31 Å². The molecule has 1 fully saturated rings. The first kappa shape index (κ1) is 19.7. The first-order chi connectivity index (χ1) is 15.9. The molecule has 0 spiro atoms. The van der Waals surface area contributed by atoms with Crippen LogP contribution in [0.3, 0.4) is 0 Å².